The van der Waals surface area contributed by atoms with E-state index in [2.05, 4.69) is 10.4 Å². The van der Waals surface area contributed by atoms with Gasteiger partial charge >= 0.3 is 0 Å². The van der Waals surface area contributed by atoms with Gasteiger partial charge < -0.3 is 20.1 Å². The van der Waals surface area contributed by atoms with E-state index < -0.39 is 29.1 Å². The van der Waals surface area contributed by atoms with Gasteiger partial charge in [-0.05, 0) is 43.2 Å². The largest absolute Gasteiger partial charge is 0.453 e. The van der Waals surface area contributed by atoms with Crippen molar-refractivity contribution in [2.24, 2.45) is 0 Å². The van der Waals surface area contributed by atoms with Gasteiger partial charge in [-0.25, -0.2) is 8.78 Å². The first kappa shape index (κ1) is 22.8. The normalized spacial score (nSPS) is 18.2. The molecule has 178 valence electrons. The quantitative estimate of drug-likeness (QED) is 0.548. The van der Waals surface area contributed by atoms with Crippen molar-refractivity contribution in [2.75, 3.05) is 26.2 Å². The highest BCUT2D eigenvalue weighted by Gasteiger charge is 2.31. The number of halogens is 3. The molecule has 1 aromatic heterocycles. The van der Waals surface area contributed by atoms with Gasteiger partial charge in [0.15, 0.2) is 11.6 Å². The first-order chi connectivity index (χ1) is 16.5. The van der Waals surface area contributed by atoms with Crippen molar-refractivity contribution in [1.82, 2.24) is 20.0 Å². The van der Waals surface area contributed by atoms with Crippen LogP contribution < -0.4 is 10.1 Å². The number of likely N-dealkylation sites (tertiary alicyclic amines) is 1. The monoisotopic (exact) mass is 488 g/mol. The Balaban J connectivity index is 1.46. The lowest BCUT2D eigenvalue weighted by Crippen LogP contribution is -2.44. The molecule has 2 fully saturated rings. The fourth-order valence-corrected chi connectivity index (χ4v) is 4.57. The molecule has 2 aromatic carbocycles. The zero-order valence-corrected chi connectivity index (χ0v) is 18.9. The minimum Gasteiger partial charge on any atom is -0.453 e. The SMILES string of the molecule is O=C(c1cc(F)c(Oc2ccc(Cl)cc2-c2ccnn2C2CNC2)cc1F)N1CCC[C@H]1CO. The van der Waals surface area contributed by atoms with Gasteiger partial charge in [0.2, 0.25) is 0 Å². The highest BCUT2D eigenvalue weighted by Crippen LogP contribution is 2.38. The zero-order valence-electron chi connectivity index (χ0n) is 18.2. The zero-order chi connectivity index (χ0) is 23.8. The van der Waals surface area contributed by atoms with Crippen LogP contribution in [0.4, 0.5) is 8.78 Å². The van der Waals surface area contributed by atoms with Crippen LogP contribution in [0.3, 0.4) is 0 Å². The number of aliphatic hydroxyl groups excluding tert-OH is 1. The maximum absolute atomic E-state index is 15.0. The molecule has 7 nitrogen and oxygen atoms in total. The second-order valence-electron chi connectivity index (χ2n) is 8.46. The minimum atomic E-state index is -0.897. The van der Waals surface area contributed by atoms with Gasteiger partial charge in [0.1, 0.15) is 11.6 Å². The van der Waals surface area contributed by atoms with E-state index in [1.54, 1.807) is 24.4 Å². The second-order valence-corrected chi connectivity index (χ2v) is 8.89. The number of aromatic nitrogens is 2. The van der Waals surface area contributed by atoms with Crippen LogP contribution in [0.2, 0.25) is 5.02 Å². The molecule has 2 N–H and O–H groups in total. The molecule has 1 atom stereocenters. The summed E-state index contributed by atoms with van der Waals surface area (Å²) in [4.78, 5) is 14.2. The van der Waals surface area contributed by atoms with E-state index in [-0.39, 0.29) is 24.1 Å². The average molecular weight is 489 g/mol. The number of rotatable bonds is 6. The summed E-state index contributed by atoms with van der Waals surface area (Å²) in [5, 5.41) is 17.5. The van der Waals surface area contributed by atoms with Crippen molar-refractivity contribution >= 4 is 17.5 Å². The maximum Gasteiger partial charge on any atom is 0.257 e. The van der Waals surface area contributed by atoms with Crippen molar-refractivity contribution in [1.29, 1.82) is 0 Å². The number of amides is 1. The Morgan fingerprint density at radius 3 is 2.74 bits per heavy atom. The van der Waals surface area contributed by atoms with Gasteiger partial charge in [0.25, 0.3) is 5.91 Å². The van der Waals surface area contributed by atoms with Crippen molar-refractivity contribution in [3.63, 3.8) is 0 Å². The topological polar surface area (TPSA) is 79.6 Å². The molecule has 5 rings (SSSR count). The molecule has 3 heterocycles. The summed E-state index contributed by atoms with van der Waals surface area (Å²) in [5.74, 6) is -2.50. The molecule has 1 amide bonds. The maximum atomic E-state index is 15.0. The molecular weight excluding hydrogens is 466 g/mol. The average Bonchev–Trinajstić information content (AvgIpc) is 3.45. The summed E-state index contributed by atoms with van der Waals surface area (Å²) >= 11 is 6.22. The molecule has 0 unspecified atom stereocenters. The fourth-order valence-electron chi connectivity index (χ4n) is 4.39. The van der Waals surface area contributed by atoms with E-state index in [1.165, 1.54) is 4.90 Å². The van der Waals surface area contributed by atoms with E-state index >= 15 is 4.39 Å². The molecule has 2 aliphatic heterocycles. The minimum absolute atomic E-state index is 0.171. The molecule has 10 heteroatoms. The van der Waals surface area contributed by atoms with E-state index in [0.717, 1.165) is 30.9 Å². The van der Waals surface area contributed by atoms with Crippen molar-refractivity contribution < 1.29 is 23.4 Å². The molecule has 34 heavy (non-hydrogen) atoms. The standard InChI is InChI=1S/C24H23ClF2N4O3/c25-14-3-4-22(18(8-14)21-5-6-29-31(21)16-11-28-12-16)34-23-10-19(26)17(9-20(23)27)24(33)30-7-1-2-15(30)13-32/h3-6,8-10,15-16,28,32H,1-2,7,11-13H2/t15-/m0/s1. The summed E-state index contributed by atoms with van der Waals surface area (Å²) in [6, 6.07) is 8.18. The Morgan fingerprint density at radius 2 is 2.00 bits per heavy atom. The number of benzene rings is 2. The number of carbonyl (C=O) groups excluding carboxylic acids is 1. The third kappa shape index (κ3) is 4.15. The van der Waals surface area contributed by atoms with Crippen molar-refractivity contribution in [3.05, 3.63) is 64.8 Å². The van der Waals surface area contributed by atoms with Gasteiger partial charge in [-0.2, -0.15) is 5.10 Å². The predicted octanol–water partition coefficient (Wildman–Crippen LogP) is 4.02. The van der Waals surface area contributed by atoms with Gasteiger partial charge in [0.05, 0.1) is 29.9 Å². The highest BCUT2D eigenvalue weighted by molar-refractivity contribution is 6.31. The Morgan fingerprint density at radius 1 is 1.18 bits per heavy atom. The third-order valence-corrected chi connectivity index (χ3v) is 6.55. The Hall–Kier alpha value is -3.01. The van der Waals surface area contributed by atoms with Gasteiger partial charge in [-0.3, -0.25) is 9.48 Å². The summed E-state index contributed by atoms with van der Waals surface area (Å²) in [6.45, 7) is 1.72. The summed E-state index contributed by atoms with van der Waals surface area (Å²) in [6.07, 6.45) is 2.99. The summed E-state index contributed by atoms with van der Waals surface area (Å²) < 4.78 is 37.6. The predicted molar refractivity (Wildman–Crippen MR) is 122 cm³/mol. The van der Waals surface area contributed by atoms with Crippen LogP contribution in [0, 0.1) is 11.6 Å². The lowest BCUT2D eigenvalue weighted by atomic mass is 10.1. The van der Waals surface area contributed by atoms with Crippen LogP contribution in [0.5, 0.6) is 11.5 Å². The lowest BCUT2D eigenvalue weighted by Gasteiger charge is -2.29. The number of hydrogen-bond acceptors (Lipinski definition) is 5. The number of hydrogen-bond donors (Lipinski definition) is 2. The number of nitrogens with one attached hydrogen (secondary N) is 1. The van der Waals surface area contributed by atoms with Crippen LogP contribution in [0.15, 0.2) is 42.6 Å². The van der Waals surface area contributed by atoms with Gasteiger partial charge in [0, 0.05) is 42.5 Å². The number of aliphatic hydroxyl groups is 1. The Labute approximate surface area is 199 Å². The van der Waals surface area contributed by atoms with Crippen LogP contribution in [-0.2, 0) is 0 Å². The number of carbonyl (C=O) groups is 1. The van der Waals surface area contributed by atoms with Crippen LogP contribution >= 0.6 is 11.6 Å². The summed E-state index contributed by atoms with van der Waals surface area (Å²) in [7, 11) is 0. The lowest BCUT2D eigenvalue weighted by molar-refractivity contribution is 0.0672. The fraction of sp³-hybridized carbons (Fsp3) is 0.333. The van der Waals surface area contributed by atoms with Crippen LogP contribution in [0.25, 0.3) is 11.3 Å². The Kier molecular flexibility index (Phi) is 6.24. The van der Waals surface area contributed by atoms with Crippen molar-refractivity contribution in [2.45, 2.75) is 24.9 Å². The van der Waals surface area contributed by atoms with Crippen LogP contribution in [0.1, 0.15) is 29.2 Å². The number of nitrogens with zero attached hydrogens (tertiary/aromatic N) is 3. The van der Waals surface area contributed by atoms with Gasteiger partial charge in [-0.1, -0.05) is 11.6 Å². The highest BCUT2D eigenvalue weighted by atomic mass is 35.5. The second kappa shape index (κ2) is 9.32. The van der Waals surface area contributed by atoms with Gasteiger partial charge in [-0.15, -0.1) is 0 Å². The van der Waals surface area contributed by atoms with Crippen LogP contribution in [-0.4, -0.2) is 58.0 Å². The first-order valence-corrected chi connectivity index (χ1v) is 11.5. The molecule has 0 spiro atoms. The molecule has 2 saturated heterocycles. The molecule has 0 bridgehead atoms. The van der Waals surface area contributed by atoms with E-state index in [0.29, 0.717) is 30.0 Å². The van der Waals surface area contributed by atoms with E-state index in [9.17, 15) is 14.3 Å². The molecule has 3 aromatic rings. The van der Waals surface area contributed by atoms with Crippen molar-refractivity contribution in [3.8, 4) is 22.8 Å². The Bertz CT molecular complexity index is 1230. The molecule has 0 radical (unpaired) electrons. The third-order valence-electron chi connectivity index (χ3n) is 6.31. The smallest absolute Gasteiger partial charge is 0.257 e. The molecular formula is C24H23ClF2N4O3. The van der Waals surface area contributed by atoms with E-state index in [4.69, 9.17) is 16.3 Å². The molecule has 0 saturated carbocycles. The molecule has 2 aliphatic rings. The number of ether oxygens (including phenoxy) is 1. The first-order valence-electron chi connectivity index (χ1n) is 11.1. The summed E-state index contributed by atoms with van der Waals surface area (Å²) in [5.41, 5.74) is 0.928. The molecule has 0 aliphatic carbocycles. The van der Waals surface area contributed by atoms with E-state index in [1.807, 2.05) is 10.7 Å².